The third-order valence-electron chi connectivity index (χ3n) is 3.36. The molecule has 1 fully saturated rings. The summed E-state index contributed by atoms with van der Waals surface area (Å²) >= 11 is 0. The molecule has 0 amide bonds. The van der Waals surface area contributed by atoms with Crippen molar-refractivity contribution >= 4 is 12.4 Å². The quantitative estimate of drug-likeness (QED) is 0.920. The standard InChI is InChI=1S/C13H23N3O.ClH/c1-13(2,3)12-15-11(17-16-12)5-4-10-6-8-14-9-7-10;/h10,14H,4-9H2,1-3H3;1H. The number of rotatable bonds is 3. The molecule has 0 saturated carbocycles. The van der Waals surface area contributed by atoms with E-state index in [0.717, 1.165) is 37.1 Å². The van der Waals surface area contributed by atoms with Crippen molar-refractivity contribution in [3.05, 3.63) is 11.7 Å². The monoisotopic (exact) mass is 273 g/mol. The molecule has 0 unspecified atom stereocenters. The Balaban J connectivity index is 0.00000162. The van der Waals surface area contributed by atoms with Crippen molar-refractivity contribution < 1.29 is 4.52 Å². The first-order valence-corrected chi connectivity index (χ1v) is 6.59. The highest BCUT2D eigenvalue weighted by atomic mass is 35.5. The second-order valence-corrected chi connectivity index (χ2v) is 5.99. The van der Waals surface area contributed by atoms with E-state index in [-0.39, 0.29) is 17.8 Å². The van der Waals surface area contributed by atoms with Crippen LogP contribution in [0.1, 0.15) is 51.7 Å². The minimum Gasteiger partial charge on any atom is -0.339 e. The highest BCUT2D eigenvalue weighted by Crippen LogP contribution is 2.21. The van der Waals surface area contributed by atoms with E-state index in [0.29, 0.717) is 0 Å². The molecule has 0 atom stereocenters. The van der Waals surface area contributed by atoms with Crippen LogP contribution in [0.25, 0.3) is 0 Å². The lowest BCUT2D eigenvalue weighted by atomic mass is 9.93. The maximum atomic E-state index is 5.31. The van der Waals surface area contributed by atoms with E-state index >= 15 is 0 Å². The molecule has 5 heteroatoms. The normalized spacial score (nSPS) is 17.5. The Kier molecular flexibility index (Phi) is 5.60. The molecular weight excluding hydrogens is 250 g/mol. The minimum atomic E-state index is -0.0174. The first-order chi connectivity index (χ1) is 8.05. The SMILES string of the molecule is CC(C)(C)c1noc(CCC2CCNCC2)n1.Cl. The number of aromatic nitrogens is 2. The summed E-state index contributed by atoms with van der Waals surface area (Å²) in [6, 6.07) is 0. The molecule has 1 aliphatic heterocycles. The van der Waals surface area contributed by atoms with Gasteiger partial charge in [0.05, 0.1) is 0 Å². The van der Waals surface area contributed by atoms with Crippen molar-refractivity contribution in [2.45, 2.75) is 51.9 Å². The van der Waals surface area contributed by atoms with Gasteiger partial charge in [0, 0.05) is 11.8 Å². The van der Waals surface area contributed by atoms with Crippen LogP contribution in [-0.2, 0) is 11.8 Å². The van der Waals surface area contributed by atoms with E-state index in [1.165, 1.54) is 19.3 Å². The van der Waals surface area contributed by atoms with Crippen LogP contribution >= 0.6 is 12.4 Å². The summed E-state index contributed by atoms with van der Waals surface area (Å²) in [6.45, 7) is 8.63. The van der Waals surface area contributed by atoms with Gasteiger partial charge in [-0.1, -0.05) is 25.9 Å². The Morgan fingerprint density at radius 2 is 1.94 bits per heavy atom. The van der Waals surface area contributed by atoms with Gasteiger partial charge in [-0.3, -0.25) is 0 Å². The van der Waals surface area contributed by atoms with Gasteiger partial charge in [-0.2, -0.15) is 4.98 Å². The third kappa shape index (κ3) is 4.25. The van der Waals surface area contributed by atoms with Gasteiger partial charge in [0.1, 0.15) is 0 Å². The molecule has 0 aliphatic carbocycles. The van der Waals surface area contributed by atoms with Crippen LogP contribution in [0.5, 0.6) is 0 Å². The largest absolute Gasteiger partial charge is 0.339 e. The van der Waals surface area contributed by atoms with Gasteiger partial charge in [-0.15, -0.1) is 12.4 Å². The van der Waals surface area contributed by atoms with Gasteiger partial charge in [-0.05, 0) is 38.3 Å². The smallest absolute Gasteiger partial charge is 0.226 e. The predicted molar refractivity (Wildman–Crippen MR) is 74.2 cm³/mol. The van der Waals surface area contributed by atoms with Crippen LogP contribution in [-0.4, -0.2) is 23.2 Å². The lowest BCUT2D eigenvalue weighted by Gasteiger charge is -2.21. The summed E-state index contributed by atoms with van der Waals surface area (Å²) < 4.78 is 5.31. The molecule has 104 valence electrons. The molecule has 2 rings (SSSR count). The third-order valence-corrected chi connectivity index (χ3v) is 3.36. The van der Waals surface area contributed by atoms with E-state index in [1.54, 1.807) is 0 Å². The molecule has 4 nitrogen and oxygen atoms in total. The van der Waals surface area contributed by atoms with Crippen LogP contribution in [0, 0.1) is 5.92 Å². The molecule has 1 aliphatic rings. The molecule has 1 N–H and O–H groups in total. The summed E-state index contributed by atoms with van der Waals surface area (Å²) in [5.41, 5.74) is -0.0174. The molecule has 1 saturated heterocycles. The van der Waals surface area contributed by atoms with Gasteiger partial charge < -0.3 is 9.84 Å². The first-order valence-electron chi connectivity index (χ1n) is 6.59. The molecule has 18 heavy (non-hydrogen) atoms. The maximum Gasteiger partial charge on any atom is 0.226 e. The number of piperidine rings is 1. The van der Waals surface area contributed by atoms with Gasteiger partial charge in [0.25, 0.3) is 0 Å². The lowest BCUT2D eigenvalue weighted by molar-refractivity contribution is 0.321. The Bertz CT molecular complexity index is 353. The number of halogens is 1. The molecule has 0 aromatic carbocycles. The summed E-state index contributed by atoms with van der Waals surface area (Å²) in [4.78, 5) is 4.47. The van der Waals surface area contributed by atoms with Crippen LogP contribution in [0.3, 0.4) is 0 Å². The predicted octanol–water partition coefficient (Wildman–Crippen LogP) is 2.72. The van der Waals surface area contributed by atoms with Crippen LogP contribution in [0.15, 0.2) is 4.52 Å². The lowest BCUT2D eigenvalue weighted by Crippen LogP contribution is -2.27. The molecule has 1 aromatic heterocycles. The molecule has 0 radical (unpaired) electrons. The number of aryl methyl sites for hydroxylation is 1. The van der Waals surface area contributed by atoms with Crippen molar-refractivity contribution in [1.29, 1.82) is 0 Å². The average molecular weight is 274 g/mol. The number of nitrogens with one attached hydrogen (secondary N) is 1. The topological polar surface area (TPSA) is 51.0 Å². The van der Waals surface area contributed by atoms with Crippen LogP contribution in [0.2, 0.25) is 0 Å². The van der Waals surface area contributed by atoms with Gasteiger partial charge >= 0.3 is 0 Å². The zero-order valence-corrected chi connectivity index (χ0v) is 12.3. The fraction of sp³-hybridized carbons (Fsp3) is 0.846. The molecular formula is C13H24ClN3O. The van der Waals surface area contributed by atoms with Crippen molar-refractivity contribution in [3.8, 4) is 0 Å². The van der Waals surface area contributed by atoms with Crippen molar-refractivity contribution in [2.75, 3.05) is 13.1 Å². The Labute approximate surface area is 115 Å². The Morgan fingerprint density at radius 1 is 1.28 bits per heavy atom. The van der Waals surface area contributed by atoms with E-state index < -0.39 is 0 Å². The minimum absolute atomic E-state index is 0. The van der Waals surface area contributed by atoms with Crippen molar-refractivity contribution in [1.82, 2.24) is 15.5 Å². The number of hydrogen-bond donors (Lipinski definition) is 1. The molecule has 0 spiro atoms. The first kappa shape index (κ1) is 15.4. The van der Waals surface area contributed by atoms with E-state index in [2.05, 4.69) is 36.2 Å². The number of hydrogen-bond acceptors (Lipinski definition) is 4. The van der Waals surface area contributed by atoms with Gasteiger partial charge in [-0.25, -0.2) is 0 Å². The van der Waals surface area contributed by atoms with E-state index in [9.17, 15) is 0 Å². The highest BCUT2D eigenvalue weighted by Gasteiger charge is 2.21. The highest BCUT2D eigenvalue weighted by molar-refractivity contribution is 5.85. The van der Waals surface area contributed by atoms with Gasteiger partial charge in [0.15, 0.2) is 5.82 Å². The molecule has 2 heterocycles. The number of nitrogens with zero attached hydrogens (tertiary/aromatic N) is 2. The second kappa shape index (κ2) is 6.53. The van der Waals surface area contributed by atoms with Gasteiger partial charge in [0.2, 0.25) is 5.89 Å². The molecule has 0 bridgehead atoms. The fourth-order valence-corrected chi connectivity index (χ4v) is 2.16. The van der Waals surface area contributed by atoms with Crippen LogP contribution in [0.4, 0.5) is 0 Å². The Morgan fingerprint density at radius 3 is 2.50 bits per heavy atom. The maximum absolute atomic E-state index is 5.31. The van der Waals surface area contributed by atoms with Crippen molar-refractivity contribution in [3.63, 3.8) is 0 Å². The second-order valence-electron chi connectivity index (χ2n) is 5.99. The fourth-order valence-electron chi connectivity index (χ4n) is 2.16. The average Bonchev–Trinajstić information content (AvgIpc) is 2.76. The summed E-state index contributed by atoms with van der Waals surface area (Å²) in [5, 5.41) is 7.44. The van der Waals surface area contributed by atoms with E-state index in [4.69, 9.17) is 4.52 Å². The zero-order valence-electron chi connectivity index (χ0n) is 11.5. The van der Waals surface area contributed by atoms with Crippen LogP contribution < -0.4 is 5.32 Å². The zero-order chi connectivity index (χ0) is 12.3. The summed E-state index contributed by atoms with van der Waals surface area (Å²) in [7, 11) is 0. The van der Waals surface area contributed by atoms with E-state index in [1.807, 2.05) is 0 Å². The van der Waals surface area contributed by atoms with Crippen molar-refractivity contribution in [2.24, 2.45) is 5.92 Å². The summed E-state index contributed by atoms with van der Waals surface area (Å²) in [6.07, 6.45) is 4.65. The Hall–Kier alpha value is -0.610. The molecule has 1 aromatic rings. The summed E-state index contributed by atoms with van der Waals surface area (Å²) in [5.74, 6) is 2.44.